The van der Waals surface area contributed by atoms with E-state index in [1.165, 1.54) is 7.11 Å². The van der Waals surface area contributed by atoms with Gasteiger partial charge in [-0.3, -0.25) is 9.97 Å². The zero-order valence-corrected chi connectivity index (χ0v) is 13.0. The van der Waals surface area contributed by atoms with E-state index in [0.29, 0.717) is 11.3 Å². The summed E-state index contributed by atoms with van der Waals surface area (Å²) in [7, 11) is 1.37. The summed E-state index contributed by atoms with van der Waals surface area (Å²) in [6.07, 6.45) is 1.72. The molecule has 1 aromatic carbocycles. The van der Waals surface area contributed by atoms with Gasteiger partial charge < -0.3 is 4.74 Å². The third-order valence-corrected chi connectivity index (χ3v) is 3.61. The Hall–Kier alpha value is -3.01. The van der Waals surface area contributed by atoms with Crippen molar-refractivity contribution < 1.29 is 9.53 Å². The maximum Gasteiger partial charge on any atom is 0.339 e. The highest BCUT2D eigenvalue weighted by atomic mass is 16.5. The molecule has 0 saturated carbocycles. The molecule has 114 valence electrons. The van der Waals surface area contributed by atoms with E-state index in [1.807, 2.05) is 48.5 Å². The zero-order valence-electron chi connectivity index (χ0n) is 13.0. The number of aromatic nitrogens is 2. The zero-order chi connectivity index (χ0) is 16.2. The van der Waals surface area contributed by atoms with Crippen LogP contribution in [0.5, 0.6) is 0 Å². The lowest BCUT2D eigenvalue weighted by molar-refractivity contribution is 0.0599. The van der Waals surface area contributed by atoms with E-state index in [9.17, 15) is 4.79 Å². The first-order valence-corrected chi connectivity index (χ1v) is 7.27. The lowest BCUT2D eigenvalue weighted by Crippen LogP contribution is -2.07. The second-order valence-electron chi connectivity index (χ2n) is 5.09. The van der Waals surface area contributed by atoms with Gasteiger partial charge >= 0.3 is 5.97 Å². The van der Waals surface area contributed by atoms with Crippen LogP contribution in [-0.2, 0) is 4.74 Å². The Morgan fingerprint density at radius 3 is 2.43 bits per heavy atom. The lowest BCUT2D eigenvalue weighted by Gasteiger charge is -2.12. The van der Waals surface area contributed by atoms with Crippen LogP contribution in [-0.4, -0.2) is 23.0 Å². The van der Waals surface area contributed by atoms with Crippen molar-refractivity contribution in [3.63, 3.8) is 0 Å². The summed E-state index contributed by atoms with van der Waals surface area (Å²) < 4.78 is 4.85. The quantitative estimate of drug-likeness (QED) is 0.688. The Bertz CT molecular complexity index is 831. The fourth-order valence-electron chi connectivity index (χ4n) is 2.46. The molecule has 3 aromatic rings. The van der Waals surface area contributed by atoms with Gasteiger partial charge in [-0.2, -0.15) is 0 Å². The summed E-state index contributed by atoms with van der Waals surface area (Å²) in [5, 5.41) is 0. The number of ether oxygens (including phenoxy) is 1. The molecular weight excluding hydrogens is 288 g/mol. The Balaban J connectivity index is 2.27. The smallest absolute Gasteiger partial charge is 0.339 e. The standard InChI is InChI=1S/C19H16N2O2/c1-13-15(19(22)23-2)12-16(17-10-6-7-11-20-17)18(21-13)14-8-4-3-5-9-14/h3-12H,1-2H3. The Morgan fingerprint density at radius 2 is 1.78 bits per heavy atom. The molecular formula is C19H16N2O2. The second-order valence-corrected chi connectivity index (χ2v) is 5.09. The van der Waals surface area contributed by atoms with E-state index in [-0.39, 0.29) is 0 Å². The van der Waals surface area contributed by atoms with Gasteiger partial charge in [-0.05, 0) is 25.1 Å². The molecule has 2 aromatic heterocycles. The summed E-state index contributed by atoms with van der Waals surface area (Å²) in [6.45, 7) is 1.81. The van der Waals surface area contributed by atoms with Gasteiger partial charge in [0.15, 0.2) is 0 Å². The van der Waals surface area contributed by atoms with Gasteiger partial charge in [0, 0.05) is 17.3 Å². The first-order valence-electron chi connectivity index (χ1n) is 7.27. The van der Waals surface area contributed by atoms with E-state index in [0.717, 1.165) is 22.5 Å². The average molecular weight is 304 g/mol. The molecule has 0 atom stereocenters. The topological polar surface area (TPSA) is 52.1 Å². The van der Waals surface area contributed by atoms with Gasteiger partial charge in [0.25, 0.3) is 0 Å². The lowest BCUT2D eigenvalue weighted by atomic mass is 9.99. The van der Waals surface area contributed by atoms with E-state index in [4.69, 9.17) is 4.74 Å². The monoisotopic (exact) mass is 304 g/mol. The van der Waals surface area contributed by atoms with Crippen LogP contribution in [0.4, 0.5) is 0 Å². The number of hydrogen-bond acceptors (Lipinski definition) is 4. The van der Waals surface area contributed by atoms with E-state index >= 15 is 0 Å². The molecule has 0 aliphatic carbocycles. The molecule has 0 amide bonds. The number of carbonyl (C=O) groups is 1. The molecule has 3 rings (SSSR count). The predicted octanol–water partition coefficient (Wildman–Crippen LogP) is 3.91. The summed E-state index contributed by atoms with van der Waals surface area (Å²) in [5.74, 6) is -0.396. The SMILES string of the molecule is COC(=O)c1cc(-c2ccccn2)c(-c2ccccc2)nc1C. The van der Waals surface area contributed by atoms with Crippen LogP contribution in [0.25, 0.3) is 22.5 Å². The Morgan fingerprint density at radius 1 is 1.04 bits per heavy atom. The fraction of sp³-hybridized carbons (Fsp3) is 0.105. The van der Waals surface area contributed by atoms with E-state index < -0.39 is 5.97 Å². The molecule has 23 heavy (non-hydrogen) atoms. The van der Waals surface area contributed by atoms with Crippen LogP contribution in [0.2, 0.25) is 0 Å². The number of benzene rings is 1. The first-order chi connectivity index (χ1) is 11.2. The molecule has 4 nitrogen and oxygen atoms in total. The number of hydrogen-bond donors (Lipinski definition) is 0. The van der Waals surface area contributed by atoms with Crippen molar-refractivity contribution in [2.45, 2.75) is 6.92 Å². The molecule has 0 saturated heterocycles. The molecule has 0 aliphatic heterocycles. The number of methoxy groups -OCH3 is 1. The molecule has 0 bridgehead atoms. The predicted molar refractivity (Wildman–Crippen MR) is 89.0 cm³/mol. The number of esters is 1. The highest BCUT2D eigenvalue weighted by Crippen LogP contribution is 2.31. The van der Waals surface area contributed by atoms with Crippen molar-refractivity contribution in [1.29, 1.82) is 0 Å². The van der Waals surface area contributed by atoms with Crippen LogP contribution in [0.1, 0.15) is 16.1 Å². The highest BCUT2D eigenvalue weighted by Gasteiger charge is 2.17. The van der Waals surface area contributed by atoms with Crippen LogP contribution in [0.15, 0.2) is 60.8 Å². The van der Waals surface area contributed by atoms with Crippen LogP contribution < -0.4 is 0 Å². The largest absolute Gasteiger partial charge is 0.465 e. The normalized spacial score (nSPS) is 10.3. The van der Waals surface area contributed by atoms with Gasteiger partial charge in [0.2, 0.25) is 0 Å². The van der Waals surface area contributed by atoms with Crippen molar-refractivity contribution in [1.82, 2.24) is 9.97 Å². The average Bonchev–Trinajstić information content (AvgIpc) is 2.62. The molecule has 0 unspecified atom stereocenters. The molecule has 0 spiro atoms. The van der Waals surface area contributed by atoms with Crippen LogP contribution >= 0.6 is 0 Å². The molecule has 0 fully saturated rings. The summed E-state index contributed by atoms with van der Waals surface area (Å²) >= 11 is 0. The summed E-state index contributed by atoms with van der Waals surface area (Å²) in [5.41, 5.74) is 4.44. The molecule has 0 N–H and O–H groups in total. The first kappa shape index (κ1) is 14.9. The van der Waals surface area contributed by atoms with Gasteiger partial charge in [0.05, 0.1) is 29.8 Å². The minimum Gasteiger partial charge on any atom is -0.465 e. The van der Waals surface area contributed by atoms with Gasteiger partial charge in [-0.1, -0.05) is 36.4 Å². The van der Waals surface area contributed by atoms with Gasteiger partial charge in [0.1, 0.15) is 0 Å². The van der Waals surface area contributed by atoms with Crippen molar-refractivity contribution in [3.05, 3.63) is 72.1 Å². The minimum absolute atomic E-state index is 0.396. The third kappa shape index (κ3) is 2.97. The van der Waals surface area contributed by atoms with Gasteiger partial charge in [-0.25, -0.2) is 4.79 Å². The number of carbonyl (C=O) groups excluding carboxylic acids is 1. The highest BCUT2D eigenvalue weighted by molar-refractivity contribution is 5.94. The number of aryl methyl sites for hydroxylation is 1. The number of nitrogens with zero attached hydrogens (tertiary/aromatic N) is 2. The van der Waals surface area contributed by atoms with Crippen molar-refractivity contribution in [2.24, 2.45) is 0 Å². The summed E-state index contributed by atoms with van der Waals surface area (Å²) in [6, 6.07) is 17.3. The number of pyridine rings is 2. The Kier molecular flexibility index (Phi) is 4.15. The maximum atomic E-state index is 12.0. The molecule has 4 heteroatoms. The van der Waals surface area contributed by atoms with Crippen LogP contribution in [0, 0.1) is 6.92 Å². The number of rotatable bonds is 3. The fourth-order valence-corrected chi connectivity index (χ4v) is 2.46. The van der Waals surface area contributed by atoms with Crippen molar-refractivity contribution >= 4 is 5.97 Å². The molecule has 0 radical (unpaired) electrons. The van der Waals surface area contributed by atoms with E-state index in [1.54, 1.807) is 19.2 Å². The molecule has 0 aliphatic rings. The third-order valence-electron chi connectivity index (χ3n) is 3.61. The Labute approximate surface area is 134 Å². The van der Waals surface area contributed by atoms with E-state index in [2.05, 4.69) is 9.97 Å². The van der Waals surface area contributed by atoms with Crippen LogP contribution in [0.3, 0.4) is 0 Å². The molecule has 2 heterocycles. The maximum absolute atomic E-state index is 12.0. The summed E-state index contributed by atoms with van der Waals surface area (Å²) in [4.78, 5) is 21.0. The van der Waals surface area contributed by atoms with Crippen molar-refractivity contribution in [3.8, 4) is 22.5 Å². The van der Waals surface area contributed by atoms with Crippen molar-refractivity contribution in [2.75, 3.05) is 7.11 Å². The second kappa shape index (κ2) is 6.40. The minimum atomic E-state index is -0.396. The van der Waals surface area contributed by atoms with Gasteiger partial charge in [-0.15, -0.1) is 0 Å².